The molecule has 1 saturated heterocycles. The molecule has 3 heterocycles. The zero-order valence-electron chi connectivity index (χ0n) is 18.6. The number of rotatable bonds is 7. The predicted octanol–water partition coefficient (Wildman–Crippen LogP) is 4.40. The molecule has 0 radical (unpaired) electrons. The average Bonchev–Trinajstić information content (AvgIpc) is 3.45. The van der Waals surface area contributed by atoms with Crippen LogP contribution in [-0.2, 0) is 17.7 Å². The number of fused-ring (bicyclic) bond motifs is 1. The monoisotopic (exact) mass is 554 g/mol. The molecule has 7 heteroatoms. The van der Waals surface area contributed by atoms with E-state index in [-0.39, 0.29) is 30.0 Å². The quantitative estimate of drug-likeness (QED) is 0.313. The van der Waals surface area contributed by atoms with E-state index in [2.05, 4.69) is 70.9 Å². The van der Waals surface area contributed by atoms with E-state index in [0.29, 0.717) is 5.92 Å². The van der Waals surface area contributed by atoms with Crippen LogP contribution in [0.1, 0.15) is 35.4 Å². The van der Waals surface area contributed by atoms with Crippen LogP contribution in [0, 0.1) is 5.92 Å². The van der Waals surface area contributed by atoms with Crippen LogP contribution in [0.5, 0.6) is 0 Å². The molecule has 5 nitrogen and oxygen atoms in total. The van der Waals surface area contributed by atoms with Crippen molar-refractivity contribution in [2.45, 2.75) is 32.4 Å². The lowest BCUT2D eigenvalue weighted by Crippen LogP contribution is -2.42. The van der Waals surface area contributed by atoms with Gasteiger partial charge in [0.1, 0.15) is 0 Å². The second-order valence-electron chi connectivity index (χ2n) is 8.32. The molecule has 2 unspecified atom stereocenters. The molecule has 2 atom stereocenters. The first kappa shape index (κ1) is 24.5. The van der Waals surface area contributed by atoms with Gasteiger partial charge in [-0.1, -0.05) is 30.3 Å². The summed E-state index contributed by atoms with van der Waals surface area (Å²) in [7, 11) is 2.15. The largest absolute Gasteiger partial charge is 0.381 e. The third-order valence-corrected chi connectivity index (χ3v) is 7.15. The van der Waals surface area contributed by atoms with E-state index < -0.39 is 0 Å². The molecule has 0 amide bonds. The second-order valence-corrected chi connectivity index (χ2v) is 9.32. The number of hydrogen-bond donors (Lipinski definition) is 1. The molecule has 2 aliphatic heterocycles. The Morgan fingerprint density at radius 3 is 2.90 bits per heavy atom. The molecule has 0 spiro atoms. The molecule has 170 valence electrons. The maximum Gasteiger partial charge on any atom is 0.193 e. The van der Waals surface area contributed by atoms with Crippen molar-refractivity contribution >= 4 is 41.3 Å². The average molecular weight is 555 g/mol. The fraction of sp³-hybridized carbons (Fsp3) is 0.542. The van der Waals surface area contributed by atoms with Crippen LogP contribution in [0.15, 0.2) is 46.8 Å². The Hall–Kier alpha value is -1.16. The minimum absolute atomic E-state index is 0. The number of halogens is 1. The third kappa shape index (κ3) is 6.43. The Labute approximate surface area is 207 Å². The lowest BCUT2D eigenvalue weighted by atomic mass is 10.0. The summed E-state index contributed by atoms with van der Waals surface area (Å²) in [6.07, 6.45) is 2.29. The number of aliphatic imine (C=N–C) groups is 1. The summed E-state index contributed by atoms with van der Waals surface area (Å²) in [5.74, 6) is 1.60. The highest BCUT2D eigenvalue weighted by Crippen LogP contribution is 2.30. The van der Waals surface area contributed by atoms with Crippen LogP contribution in [-0.4, -0.2) is 62.2 Å². The molecule has 1 aromatic carbocycles. The van der Waals surface area contributed by atoms with Gasteiger partial charge in [-0.3, -0.25) is 9.89 Å². The molecule has 4 rings (SSSR count). The van der Waals surface area contributed by atoms with Crippen molar-refractivity contribution in [3.63, 3.8) is 0 Å². The number of guanidine groups is 1. The molecule has 2 aliphatic rings. The Bertz CT molecular complexity index is 822. The zero-order chi connectivity index (χ0) is 20.8. The molecular weight excluding hydrogens is 519 g/mol. The first-order valence-corrected chi connectivity index (χ1v) is 12.0. The molecule has 1 fully saturated rings. The maximum atomic E-state index is 5.56. The smallest absolute Gasteiger partial charge is 0.193 e. The Morgan fingerprint density at radius 1 is 1.32 bits per heavy atom. The van der Waals surface area contributed by atoms with Gasteiger partial charge in [0.15, 0.2) is 5.96 Å². The second kappa shape index (κ2) is 12.2. The van der Waals surface area contributed by atoms with Crippen LogP contribution in [0.2, 0.25) is 0 Å². The van der Waals surface area contributed by atoms with E-state index in [0.717, 1.165) is 64.7 Å². The summed E-state index contributed by atoms with van der Waals surface area (Å²) in [6, 6.07) is 13.5. The highest BCUT2D eigenvalue weighted by atomic mass is 127. The van der Waals surface area contributed by atoms with Crippen LogP contribution < -0.4 is 5.32 Å². The first-order chi connectivity index (χ1) is 14.7. The minimum atomic E-state index is 0. The van der Waals surface area contributed by atoms with Gasteiger partial charge in [-0.15, -0.1) is 35.3 Å². The van der Waals surface area contributed by atoms with Gasteiger partial charge in [-0.25, -0.2) is 0 Å². The summed E-state index contributed by atoms with van der Waals surface area (Å²) in [4.78, 5) is 11.5. The van der Waals surface area contributed by atoms with Gasteiger partial charge in [0, 0.05) is 50.6 Å². The Balaban J connectivity index is 0.00000272. The van der Waals surface area contributed by atoms with Crippen molar-refractivity contribution < 1.29 is 4.74 Å². The first-order valence-electron chi connectivity index (χ1n) is 11.2. The highest BCUT2D eigenvalue weighted by molar-refractivity contribution is 14.0. The van der Waals surface area contributed by atoms with Gasteiger partial charge in [-0.2, -0.15) is 0 Å². The van der Waals surface area contributed by atoms with Crippen LogP contribution in [0.3, 0.4) is 0 Å². The van der Waals surface area contributed by atoms with Crippen molar-refractivity contribution in [2.75, 3.05) is 46.4 Å². The lowest BCUT2D eigenvalue weighted by Gasteiger charge is -2.34. The van der Waals surface area contributed by atoms with Gasteiger partial charge in [-0.05, 0) is 42.3 Å². The number of nitrogens with one attached hydrogen (secondary N) is 1. The molecule has 0 aliphatic carbocycles. The minimum Gasteiger partial charge on any atom is -0.381 e. The summed E-state index contributed by atoms with van der Waals surface area (Å²) in [5.41, 5.74) is 2.84. The fourth-order valence-electron chi connectivity index (χ4n) is 4.49. The Kier molecular flexibility index (Phi) is 9.62. The van der Waals surface area contributed by atoms with Crippen LogP contribution in [0.4, 0.5) is 0 Å². The molecule has 1 N–H and O–H groups in total. The molecule has 0 bridgehead atoms. The number of benzene rings is 1. The van der Waals surface area contributed by atoms with Crippen molar-refractivity contribution in [3.8, 4) is 0 Å². The van der Waals surface area contributed by atoms with E-state index in [4.69, 9.17) is 9.73 Å². The number of thiophene rings is 1. The van der Waals surface area contributed by atoms with Gasteiger partial charge in [0.25, 0.3) is 0 Å². The van der Waals surface area contributed by atoms with Gasteiger partial charge >= 0.3 is 0 Å². The number of hydrogen-bond acceptors (Lipinski definition) is 4. The zero-order valence-corrected chi connectivity index (χ0v) is 21.8. The standard InChI is InChI=1S/C24H34N4OS.HI/c1-3-25-24(27(2)16-19-10-13-29-18-19)26-15-22(20-7-5-4-6-8-20)28-12-9-23-21(17-28)11-14-30-23;/h4-8,11,14,19,22H,3,9-10,12-13,15-18H2,1-2H3,(H,25,26);1H. The SMILES string of the molecule is CCNC(=NCC(c1ccccc1)N1CCc2sccc2C1)N(C)CC1CCOC1.I. The molecular formula is C24H35IN4OS. The van der Waals surface area contributed by atoms with Crippen LogP contribution in [0.25, 0.3) is 0 Å². The number of ether oxygens (including phenoxy) is 1. The maximum absolute atomic E-state index is 5.56. The van der Waals surface area contributed by atoms with Crippen molar-refractivity contribution in [1.82, 2.24) is 15.1 Å². The van der Waals surface area contributed by atoms with Crippen molar-refractivity contribution in [2.24, 2.45) is 10.9 Å². The fourth-order valence-corrected chi connectivity index (χ4v) is 5.38. The van der Waals surface area contributed by atoms with Gasteiger partial charge in [0.2, 0.25) is 0 Å². The number of nitrogens with zero attached hydrogens (tertiary/aromatic N) is 3. The Morgan fingerprint density at radius 2 is 2.16 bits per heavy atom. The molecule has 31 heavy (non-hydrogen) atoms. The topological polar surface area (TPSA) is 40.1 Å². The highest BCUT2D eigenvalue weighted by Gasteiger charge is 2.26. The van der Waals surface area contributed by atoms with E-state index in [9.17, 15) is 0 Å². The van der Waals surface area contributed by atoms with Crippen molar-refractivity contribution in [1.29, 1.82) is 0 Å². The normalized spacial score (nSPS) is 20.1. The molecule has 0 saturated carbocycles. The van der Waals surface area contributed by atoms with Crippen molar-refractivity contribution in [3.05, 3.63) is 57.8 Å². The van der Waals surface area contributed by atoms with E-state index in [1.807, 2.05) is 11.3 Å². The summed E-state index contributed by atoms with van der Waals surface area (Å²) < 4.78 is 5.56. The van der Waals surface area contributed by atoms with E-state index in [1.165, 1.54) is 11.1 Å². The van der Waals surface area contributed by atoms with E-state index >= 15 is 0 Å². The summed E-state index contributed by atoms with van der Waals surface area (Å²) in [5, 5.41) is 5.73. The summed E-state index contributed by atoms with van der Waals surface area (Å²) >= 11 is 1.90. The van der Waals surface area contributed by atoms with E-state index in [1.54, 1.807) is 4.88 Å². The molecule has 2 aromatic rings. The van der Waals surface area contributed by atoms with Gasteiger partial charge < -0.3 is 15.0 Å². The third-order valence-electron chi connectivity index (χ3n) is 6.13. The summed E-state index contributed by atoms with van der Waals surface area (Å²) in [6.45, 7) is 8.63. The lowest BCUT2D eigenvalue weighted by molar-refractivity contribution is 0.180. The van der Waals surface area contributed by atoms with Crippen LogP contribution >= 0.6 is 35.3 Å². The van der Waals surface area contributed by atoms with Gasteiger partial charge in [0.05, 0.1) is 19.2 Å². The molecule has 1 aromatic heterocycles. The predicted molar refractivity (Wildman–Crippen MR) is 141 cm³/mol.